The van der Waals surface area contributed by atoms with E-state index in [1.54, 1.807) is 30.3 Å². The van der Waals surface area contributed by atoms with Gasteiger partial charge in [0.25, 0.3) is 0 Å². The van der Waals surface area contributed by atoms with Crippen molar-refractivity contribution >= 4 is 11.9 Å². The molecule has 0 radical (unpaired) electrons. The molecule has 4 rings (SSSR count). The molecule has 6 atom stereocenters. The van der Waals surface area contributed by atoms with Crippen molar-refractivity contribution in [2.45, 2.75) is 43.9 Å². The van der Waals surface area contributed by atoms with E-state index in [1.807, 2.05) is 30.3 Å². The number of hydrogen-bond acceptors (Lipinski definition) is 7. The maximum Gasteiger partial charge on any atom is 0.338 e. The van der Waals surface area contributed by atoms with Gasteiger partial charge in [0.2, 0.25) is 5.91 Å². The fourth-order valence-electron chi connectivity index (χ4n) is 3.66. The number of carbonyl (C=O) groups is 2. The number of hydrogen-bond donors (Lipinski definition) is 2. The summed E-state index contributed by atoms with van der Waals surface area (Å²) in [6.45, 7) is 1.44. The van der Waals surface area contributed by atoms with Crippen LogP contribution in [0.2, 0.25) is 0 Å². The third-order valence-electron chi connectivity index (χ3n) is 5.05. The van der Waals surface area contributed by atoms with Crippen LogP contribution in [-0.2, 0) is 23.7 Å². The lowest BCUT2D eigenvalue weighted by Gasteiger charge is -2.47. The van der Waals surface area contributed by atoms with Crippen LogP contribution in [0.3, 0.4) is 0 Å². The van der Waals surface area contributed by atoms with E-state index < -0.39 is 48.8 Å². The monoisotopic (exact) mass is 413 g/mol. The van der Waals surface area contributed by atoms with Crippen molar-refractivity contribution in [1.82, 2.24) is 5.32 Å². The van der Waals surface area contributed by atoms with E-state index in [2.05, 4.69) is 5.32 Å². The van der Waals surface area contributed by atoms with Crippen LogP contribution in [0, 0.1) is 0 Å². The zero-order chi connectivity index (χ0) is 21.1. The Morgan fingerprint density at radius 3 is 2.37 bits per heavy atom. The summed E-state index contributed by atoms with van der Waals surface area (Å²) in [5.74, 6) is -0.983. The number of aliphatic hydroxyl groups is 1. The Bertz CT molecular complexity index is 876. The summed E-state index contributed by atoms with van der Waals surface area (Å²) in [5.41, 5.74) is 1.15. The molecule has 2 aromatic rings. The Morgan fingerprint density at radius 2 is 1.70 bits per heavy atom. The fraction of sp³-hybridized carbons (Fsp3) is 0.364. The maximum absolute atomic E-state index is 12.7. The highest BCUT2D eigenvalue weighted by atomic mass is 16.7. The van der Waals surface area contributed by atoms with Crippen molar-refractivity contribution in [3.8, 4) is 0 Å². The topological polar surface area (TPSA) is 103 Å². The Labute approximate surface area is 173 Å². The number of amides is 1. The molecule has 0 aromatic heterocycles. The van der Waals surface area contributed by atoms with Gasteiger partial charge in [0, 0.05) is 12.5 Å². The van der Waals surface area contributed by atoms with Crippen molar-refractivity contribution in [2.24, 2.45) is 0 Å². The zero-order valence-corrected chi connectivity index (χ0v) is 16.3. The van der Waals surface area contributed by atoms with Crippen LogP contribution < -0.4 is 5.32 Å². The average molecular weight is 413 g/mol. The predicted molar refractivity (Wildman–Crippen MR) is 104 cm³/mol. The highest BCUT2D eigenvalue weighted by Crippen LogP contribution is 2.35. The van der Waals surface area contributed by atoms with Crippen molar-refractivity contribution < 1.29 is 33.6 Å². The quantitative estimate of drug-likeness (QED) is 0.733. The van der Waals surface area contributed by atoms with Gasteiger partial charge in [0.05, 0.1) is 12.2 Å². The highest BCUT2D eigenvalue weighted by molar-refractivity contribution is 5.89. The molecule has 0 unspecified atom stereocenters. The van der Waals surface area contributed by atoms with Gasteiger partial charge in [-0.05, 0) is 12.1 Å². The van der Waals surface area contributed by atoms with Gasteiger partial charge in [-0.3, -0.25) is 4.79 Å². The molecule has 2 N–H and O–H groups in total. The van der Waals surface area contributed by atoms with Crippen molar-refractivity contribution in [3.05, 3.63) is 71.8 Å². The van der Waals surface area contributed by atoms with Crippen LogP contribution in [0.4, 0.5) is 0 Å². The molecule has 0 spiro atoms. The second-order valence-electron chi connectivity index (χ2n) is 7.20. The van der Waals surface area contributed by atoms with E-state index in [1.165, 1.54) is 6.92 Å². The van der Waals surface area contributed by atoms with Gasteiger partial charge in [-0.15, -0.1) is 0 Å². The molecule has 2 saturated heterocycles. The summed E-state index contributed by atoms with van der Waals surface area (Å²) in [6.07, 6.45) is -4.48. The maximum atomic E-state index is 12.7. The minimum atomic E-state index is -1.39. The van der Waals surface area contributed by atoms with E-state index in [0.717, 1.165) is 5.56 Å². The standard InChI is InChI=1S/C22H23NO7/c1-13(24)23-17-19(29-20(25)14-8-4-2-5-9-14)18-16(28-21(17)26)12-27-22(30-18)15-10-6-3-7-11-15/h2-11,16-19,21-22,26H,12H2,1H3,(H,23,24)/t16-,17-,18-,19-,21+,22+/m1/s1. The molecule has 2 aromatic carbocycles. The molecular weight excluding hydrogens is 390 g/mol. The van der Waals surface area contributed by atoms with E-state index in [9.17, 15) is 14.7 Å². The van der Waals surface area contributed by atoms with Crippen LogP contribution in [0.15, 0.2) is 60.7 Å². The lowest BCUT2D eigenvalue weighted by atomic mass is 9.95. The van der Waals surface area contributed by atoms with Gasteiger partial charge in [-0.1, -0.05) is 48.5 Å². The molecule has 0 aliphatic carbocycles. The molecule has 1 amide bonds. The molecule has 2 fully saturated rings. The Balaban J connectivity index is 1.61. The molecule has 2 aliphatic rings. The molecule has 158 valence electrons. The van der Waals surface area contributed by atoms with Crippen LogP contribution in [-0.4, -0.2) is 54.2 Å². The number of fused-ring (bicyclic) bond motifs is 1. The third kappa shape index (κ3) is 4.36. The summed E-state index contributed by atoms with van der Waals surface area (Å²) in [7, 11) is 0. The van der Waals surface area contributed by atoms with Crippen LogP contribution in [0.1, 0.15) is 29.1 Å². The molecule has 0 bridgehead atoms. The Morgan fingerprint density at radius 1 is 1.03 bits per heavy atom. The summed E-state index contributed by atoms with van der Waals surface area (Å²) in [6, 6.07) is 16.8. The number of rotatable bonds is 4. The molecular formula is C22H23NO7. The summed E-state index contributed by atoms with van der Waals surface area (Å²) >= 11 is 0. The van der Waals surface area contributed by atoms with Gasteiger partial charge in [0.15, 0.2) is 18.7 Å². The Kier molecular flexibility index (Phi) is 6.10. The molecule has 2 heterocycles. The van der Waals surface area contributed by atoms with Gasteiger partial charge in [-0.2, -0.15) is 0 Å². The van der Waals surface area contributed by atoms with Crippen molar-refractivity contribution in [3.63, 3.8) is 0 Å². The molecule has 2 aliphatic heterocycles. The second-order valence-corrected chi connectivity index (χ2v) is 7.20. The van der Waals surface area contributed by atoms with Crippen LogP contribution in [0.25, 0.3) is 0 Å². The molecule has 8 nitrogen and oxygen atoms in total. The molecule has 0 saturated carbocycles. The molecule has 30 heavy (non-hydrogen) atoms. The largest absolute Gasteiger partial charge is 0.453 e. The number of aliphatic hydroxyl groups excluding tert-OH is 1. The summed E-state index contributed by atoms with van der Waals surface area (Å²) in [5, 5.41) is 13.1. The summed E-state index contributed by atoms with van der Waals surface area (Å²) < 4.78 is 23.2. The first-order chi connectivity index (χ1) is 14.5. The van der Waals surface area contributed by atoms with Gasteiger partial charge < -0.3 is 29.4 Å². The first-order valence-corrected chi connectivity index (χ1v) is 9.71. The zero-order valence-electron chi connectivity index (χ0n) is 16.3. The van der Waals surface area contributed by atoms with Gasteiger partial charge in [0.1, 0.15) is 18.2 Å². The number of ether oxygens (including phenoxy) is 4. The fourth-order valence-corrected chi connectivity index (χ4v) is 3.66. The van der Waals surface area contributed by atoms with Crippen molar-refractivity contribution in [2.75, 3.05) is 6.61 Å². The molecule has 8 heteroatoms. The average Bonchev–Trinajstić information content (AvgIpc) is 2.77. The first kappa shape index (κ1) is 20.5. The van der Waals surface area contributed by atoms with E-state index in [4.69, 9.17) is 18.9 Å². The first-order valence-electron chi connectivity index (χ1n) is 9.71. The summed E-state index contributed by atoms with van der Waals surface area (Å²) in [4.78, 5) is 24.5. The normalized spacial score (nSPS) is 30.7. The minimum Gasteiger partial charge on any atom is -0.453 e. The van der Waals surface area contributed by atoms with Crippen LogP contribution >= 0.6 is 0 Å². The smallest absolute Gasteiger partial charge is 0.338 e. The number of nitrogens with one attached hydrogen (secondary N) is 1. The van der Waals surface area contributed by atoms with Crippen LogP contribution in [0.5, 0.6) is 0 Å². The van der Waals surface area contributed by atoms with Gasteiger partial charge >= 0.3 is 5.97 Å². The SMILES string of the molecule is CC(=O)N[C@@H]1[C@@H](OC(=O)c2ccccc2)[C@@H]2O[C@@H](c3ccccc3)OC[C@H]2O[C@@H]1O. The number of benzene rings is 2. The minimum absolute atomic E-state index is 0.132. The lowest BCUT2D eigenvalue weighted by molar-refractivity contribution is -0.337. The predicted octanol–water partition coefficient (Wildman–Crippen LogP) is 1.55. The number of esters is 1. The van der Waals surface area contributed by atoms with E-state index in [-0.39, 0.29) is 6.61 Å². The lowest BCUT2D eigenvalue weighted by Crippen LogP contribution is -2.67. The van der Waals surface area contributed by atoms with Crippen molar-refractivity contribution in [1.29, 1.82) is 0 Å². The Hall–Kier alpha value is -2.78. The van der Waals surface area contributed by atoms with E-state index >= 15 is 0 Å². The van der Waals surface area contributed by atoms with Gasteiger partial charge in [-0.25, -0.2) is 4.79 Å². The van der Waals surface area contributed by atoms with E-state index in [0.29, 0.717) is 5.56 Å². The second kappa shape index (κ2) is 8.93. The third-order valence-corrected chi connectivity index (χ3v) is 5.05. The highest BCUT2D eigenvalue weighted by Gasteiger charge is 2.52. The number of carbonyl (C=O) groups excluding carboxylic acids is 2.